The van der Waals surface area contributed by atoms with Gasteiger partial charge >= 0.3 is 0 Å². The fraction of sp³-hybridized carbons (Fsp3) is 0.333. The molecule has 3 aromatic rings. The number of H-pyrrole nitrogens is 1. The number of ether oxygens (including phenoxy) is 1. The van der Waals surface area contributed by atoms with Crippen LogP contribution in [0.2, 0.25) is 0 Å². The number of para-hydroxylation sites is 1. The number of hydrogen-bond donors (Lipinski definition) is 2. The normalized spacial score (nSPS) is 17.6. The summed E-state index contributed by atoms with van der Waals surface area (Å²) in [6.07, 6.45) is 0. The van der Waals surface area contributed by atoms with Gasteiger partial charge in [-0.05, 0) is 31.3 Å². The van der Waals surface area contributed by atoms with Gasteiger partial charge in [-0.15, -0.1) is 12.4 Å². The third kappa shape index (κ3) is 4.55. The van der Waals surface area contributed by atoms with E-state index in [2.05, 4.69) is 27.0 Å². The maximum Gasteiger partial charge on any atom is 0.199 e. The molecule has 174 valence electrons. The summed E-state index contributed by atoms with van der Waals surface area (Å²) in [6, 6.07) is 13.4. The second-order valence-corrected chi connectivity index (χ2v) is 8.16. The van der Waals surface area contributed by atoms with Crippen LogP contribution in [0.4, 0.5) is 5.69 Å². The topological polar surface area (TPSA) is 85.7 Å². The van der Waals surface area contributed by atoms with E-state index in [4.69, 9.17) is 14.6 Å². The van der Waals surface area contributed by atoms with Crippen molar-refractivity contribution in [1.82, 2.24) is 14.8 Å². The highest BCUT2D eigenvalue weighted by Crippen LogP contribution is 2.36. The van der Waals surface area contributed by atoms with Crippen molar-refractivity contribution in [3.05, 3.63) is 53.6 Å². The molecule has 2 aromatic carbocycles. The van der Waals surface area contributed by atoms with Crippen molar-refractivity contribution in [3.8, 4) is 11.6 Å². The van der Waals surface area contributed by atoms with Gasteiger partial charge in [0.1, 0.15) is 23.8 Å². The number of oxime groups is 1. The van der Waals surface area contributed by atoms with E-state index in [-0.39, 0.29) is 18.3 Å². The highest BCUT2D eigenvalue weighted by Gasteiger charge is 2.29. The van der Waals surface area contributed by atoms with E-state index in [0.717, 1.165) is 54.9 Å². The number of rotatable bonds is 6. The number of hydrogen-bond acceptors (Lipinski definition) is 7. The average Bonchev–Trinajstić information content (AvgIpc) is 3.33. The number of halogens is 1. The lowest BCUT2D eigenvalue weighted by Crippen LogP contribution is -2.45. The van der Waals surface area contributed by atoms with E-state index in [9.17, 15) is 5.11 Å². The fourth-order valence-electron chi connectivity index (χ4n) is 4.21. The summed E-state index contributed by atoms with van der Waals surface area (Å²) >= 11 is 0. The van der Waals surface area contributed by atoms with Crippen molar-refractivity contribution in [2.24, 2.45) is 10.1 Å². The number of methoxy groups -OCH3 is 1. The van der Waals surface area contributed by atoms with Crippen LogP contribution in [0.5, 0.6) is 11.6 Å². The van der Waals surface area contributed by atoms with Crippen molar-refractivity contribution in [3.63, 3.8) is 0 Å². The Hall–Kier alpha value is -3.07. The Kier molecular flexibility index (Phi) is 6.88. The summed E-state index contributed by atoms with van der Waals surface area (Å²) in [4.78, 5) is 18.3. The molecular formula is C24H28ClN5O3. The Balaban J connectivity index is 0.00000259. The summed E-state index contributed by atoms with van der Waals surface area (Å²) in [5.74, 6) is 0.751. The van der Waals surface area contributed by atoms with Crippen LogP contribution in [-0.2, 0) is 4.84 Å². The molecule has 0 aliphatic carbocycles. The molecule has 0 bridgehead atoms. The largest absolute Gasteiger partial charge is 0.497 e. The zero-order chi connectivity index (χ0) is 22.1. The Morgan fingerprint density at radius 1 is 1.12 bits per heavy atom. The average molecular weight is 470 g/mol. The molecule has 9 heteroatoms. The minimum atomic E-state index is 0. The van der Waals surface area contributed by atoms with Crippen molar-refractivity contribution < 1.29 is 14.7 Å². The second-order valence-electron chi connectivity index (χ2n) is 8.16. The molecule has 1 aromatic heterocycles. The quantitative estimate of drug-likeness (QED) is 0.427. The Bertz CT molecular complexity index is 1200. The third-order valence-corrected chi connectivity index (χ3v) is 6.09. The smallest absolute Gasteiger partial charge is 0.199 e. The maximum atomic E-state index is 10.7. The zero-order valence-corrected chi connectivity index (χ0v) is 19.6. The Morgan fingerprint density at radius 2 is 1.91 bits per heavy atom. The highest BCUT2D eigenvalue weighted by atomic mass is 35.5. The van der Waals surface area contributed by atoms with Gasteiger partial charge in [-0.25, -0.2) is 4.99 Å². The number of piperazine rings is 1. The molecule has 8 nitrogen and oxygen atoms in total. The Morgan fingerprint density at radius 3 is 2.70 bits per heavy atom. The number of nitrogens with zero attached hydrogens (tertiary/aromatic N) is 4. The van der Waals surface area contributed by atoms with E-state index in [0.29, 0.717) is 29.3 Å². The SMILES string of the molecule is COc1ccc2[nH]c(O)c(C3=Nc4ccccc4/C3=N\OCCN3CCN(C)CC3)c2c1.Cl. The van der Waals surface area contributed by atoms with Crippen LogP contribution >= 0.6 is 12.4 Å². The predicted molar refractivity (Wildman–Crippen MR) is 133 cm³/mol. The Labute approximate surface area is 198 Å². The number of nitrogens with one attached hydrogen (secondary N) is 1. The molecule has 33 heavy (non-hydrogen) atoms. The lowest BCUT2D eigenvalue weighted by atomic mass is 10.0. The lowest BCUT2D eigenvalue weighted by Gasteiger charge is -2.31. The molecule has 0 amide bonds. The van der Waals surface area contributed by atoms with Crippen LogP contribution in [0.25, 0.3) is 10.9 Å². The molecule has 0 spiro atoms. The van der Waals surface area contributed by atoms with Crippen molar-refractivity contribution in [2.75, 3.05) is 53.5 Å². The van der Waals surface area contributed by atoms with Gasteiger partial charge in [-0.2, -0.15) is 0 Å². The third-order valence-electron chi connectivity index (χ3n) is 6.09. The monoisotopic (exact) mass is 469 g/mol. The summed E-state index contributed by atoms with van der Waals surface area (Å²) in [7, 11) is 3.77. The number of aromatic amines is 1. The van der Waals surface area contributed by atoms with E-state index in [1.54, 1.807) is 7.11 Å². The molecule has 0 saturated carbocycles. The predicted octanol–water partition coefficient (Wildman–Crippen LogP) is 3.41. The summed E-state index contributed by atoms with van der Waals surface area (Å²) in [6.45, 7) is 5.54. The van der Waals surface area contributed by atoms with Gasteiger partial charge < -0.3 is 24.6 Å². The number of fused-ring (bicyclic) bond motifs is 2. The van der Waals surface area contributed by atoms with Gasteiger partial charge in [0.25, 0.3) is 0 Å². The van der Waals surface area contributed by atoms with Crippen LogP contribution in [-0.4, -0.2) is 84.8 Å². The molecule has 0 unspecified atom stereocenters. The van der Waals surface area contributed by atoms with Crippen LogP contribution < -0.4 is 4.74 Å². The first-order valence-electron chi connectivity index (χ1n) is 10.8. The number of likely N-dealkylation sites (N-methyl/N-ethyl adjacent to an activating group) is 1. The minimum absolute atomic E-state index is 0. The minimum Gasteiger partial charge on any atom is -0.497 e. The molecule has 3 heterocycles. The van der Waals surface area contributed by atoms with Crippen LogP contribution in [0.3, 0.4) is 0 Å². The van der Waals surface area contributed by atoms with Crippen LogP contribution in [0.15, 0.2) is 52.6 Å². The highest BCUT2D eigenvalue weighted by molar-refractivity contribution is 6.58. The summed E-state index contributed by atoms with van der Waals surface area (Å²) in [5, 5.41) is 16.0. The molecular weight excluding hydrogens is 442 g/mol. The van der Waals surface area contributed by atoms with Gasteiger partial charge in [0.05, 0.1) is 18.4 Å². The fourth-order valence-corrected chi connectivity index (χ4v) is 4.21. The number of aromatic hydroxyl groups is 1. The van der Waals surface area contributed by atoms with Gasteiger partial charge in [-0.1, -0.05) is 23.4 Å². The maximum absolute atomic E-state index is 10.7. The molecule has 0 radical (unpaired) electrons. The van der Waals surface area contributed by atoms with E-state index >= 15 is 0 Å². The van der Waals surface area contributed by atoms with Gasteiger partial charge in [0.15, 0.2) is 5.88 Å². The number of aromatic nitrogens is 1. The van der Waals surface area contributed by atoms with Crippen molar-refractivity contribution >= 4 is 40.4 Å². The molecule has 2 N–H and O–H groups in total. The first-order valence-corrected chi connectivity index (χ1v) is 10.8. The van der Waals surface area contributed by atoms with Gasteiger partial charge in [0.2, 0.25) is 0 Å². The first-order chi connectivity index (χ1) is 15.6. The van der Waals surface area contributed by atoms with Gasteiger partial charge in [0, 0.05) is 49.2 Å². The standard InChI is InChI=1S/C24H27N5O3.ClH/c1-28-9-11-29(12-10-28)13-14-32-27-22-17-5-3-4-6-19(17)25-23(22)21-18-15-16(31-2)7-8-20(18)26-24(21)30;/h3-8,15,26,30H,9-14H2,1-2H3;1H/b27-22+;. The summed E-state index contributed by atoms with van der Waals surface area (Å²) < 4.78 is 5.38. The van der Waals surface area contributed by atoms with E-state index < -0.39 is 0 Å². The summed E-state index contributed by atoms with van der Waals surface area (Å²) in [5.41, 5.74) is 4.30. The molecule has 0 atom stereocenters. The number of aliphatic imine (C=N–C) groups is 1. The molecule has 1 saturated heterocycles. The van der Waals surface area contributed by atoms with Crippen molar-refractivity contribution in [1.29, 1.82) is 0 Å². The second kappa shape index (κ2) is 9.82. The van der Waals surface area contributed by atoms with Crippen LogP contribution in [0.1, 0.15) is 11.1 Å². The van der Waals surface area contributed by atoms with E-state index in [1.807, 2.05) is 42.5 Å². The van der Waals surface area contributed by atoms with Crippen molar-refractivity contribution in [2.45, 2.75) is 0 Å². The first kappa shape index (κ1) is 23.1. The molecule has 2 aliphatic rings. The van der Waals surface area contributed by atoms with Gasteiger partial charge in [-0.3, -0.25) is 4.90 Å². The molecule has 2 aliphatic heterocycles. The van der Waals surface area contributed by atoms with E-state index in [1.165, 1.54) is 0 Å². The van der Waals surface area contributed by atoms with Crippen LogP contribution in [0, 0.1) is 0 Å². The molecule has 5 rings (SSSR count). The zero-order valence-electron chi connectivity index (χ0n) is 18.7. The molecule has 1 fully saturated rings. The lowest BCUT2D eigenvalue weighted by molar-refractivity contribution is 0.0864. The number of benzene rings is 2.